The number of hydrogen-bond donors (Lipinski definition) is 1. The van der Waals surface area contributed by atoms with E-state index in [0.717, 1.165) is 12.0 Å². The van der Waals surface area contributed by atoms with Crippen molar-refractivity contribution in [3.63, 3.8) is 0 Å². The Morgan fingerprint density at radius 3 is 2.55 bits per heavy atom. The third kappa shape index (κ3) is 2.96. The fourth-order valence-electron chi connectivity index (χ4n) is 1.95. The van der Waals surface area contributed by atoms with Crippen molar-refractivity contribution in [2.45, 2.75) is 20.0 Å². The van der Waals surface area contributed by atoms with Crippen LogP contribution in [0.4, 0.5) is 4.39 Å². The van der Waals surface area contributed by atoms with E-state index in [1.807, 2.05) is 31.2 Å². The number of aromatic carboxylic acids is 1. The first-order valence-electron chi connectivity index (χ1n) is 6.35. The van der Waals surface area contributed by atoms with Crippen LogP contribution < -0.4 is 4.74 Å². The number of benzene rings is 2. The summed E-state index contributed by atoms with van der Waals surface area (Å²) in [5, 5.41) is 8.88. The number of carboxylic acid groups (broad SMARTS) is 1. The second-order valence-electron chi connectivity index (χ2n) is 4.33. The van der Waals surface area contributed by atoms with Crippen molar-refractivity contribution in [3.8, 4) is 5.75 Å². The molecule has 0 fully saturated rings. The lowest BCUT2D eigenvalue weighted by atomic mass is 10.1. The SMILES string of the molecule is CCc1ccccc1OCc1cccc(C(=O)O)c1F. The van der Waals surface area contributed by atoms with E-state index in [9.17, 15) is 9.18 Å². The third-order valence-corrected chi connectivity index (χ3v) is 3.05. The van der Waals surface area contributed by atoms with Crippen molar-refractivity contribution in [1.29, 1.82) is 0 Å². The van der Waals surface area contributed by atoms with Gasteiger partial charge in [-0.2, -0.15) is 0 Å². The number of halogens is 1. The van der Waals surface area contributed by atoms with Gasteiger partial charge in [-0.1, -0.05) is 37.3 Å². The zero-order valence-corrected chi connectivity index (χ0v) is 11.1. The maximum Gasteiger partial charge on any atom is 0.338 e. The van der Waals surface area contributed by atoms with Gasteiger partial charge in [0.05, 0.1) is 5.56 Å². The summed E-state index contributed by atoms with van der Waals surface area (Å²) in [4.78, 5) is 10.9. The van der Waals surface area contributed by atoms with Gasteiger partial charge >= 0.3 is 5.97 Å². The van der Waals surface area contributed by atoms with Crippen LogP contribution in [0.15, 0.2) is 42.5 Å². The molecule has 0 unspecified atom stereocenters. The van der Waals surface area contributed by atoms with Crippen molar-refractivity contribution in [2.24, 2.45) is 0 Å². The molecule has 0 saturated carbocycles. The Bertz CT molecular complexity index is 623. The van der Waals surface area contributed by atoms with Gasteiger partial charge in [-0.15, -0.1) is 0 Å². The lowest BCUT2D eigenvalue weighted by Crippen LogP contribution is -2.06. The maximum atomic E-state index is 13.9. The van der Waals surface area contributed by atoms with E-state index in [0.29, 0.717) is 5.75 Å². The molecule has 0 aliphatic heterocycles. The van der Waals surface area contributed by atoms with Crippen LogP contribution >= 0.6 is 0 Å². The highest BCUT2D eigenvalue weighted by molar-refractivity contribution is 5.88. The number of hydrogen-bond acceptors (Lipinski definition) is 2. The van der Waals surface area contributed by atoms with E-state index in [1.165, 1.54) is 18.2 Å². The molecule has 0 heterocycles. The predicted octanol–water partition coefficient (Wildman–Crippen LogP) is 3.67. The van der Waals surface area contributed by atoms with Gasteiger partial charge in [-0.3, -0.25) is 0 Å². The minimum Gasteiger partial charge on any atom is -0.489 e. The maximum absolute atomic E-state index is 13.9. The molecule has 20 heavy (non-hydrogen) atoms. The van der Waals surface area contributed by atoms with Crippen molar-refractivity contribution in [2.75, 3.05) is 0 Å². The molecular weight excluding hydrogens is 259 g/mol. The zero-order chi connectivity index (χ0) is 14.5. The average molecular weight is 274 g/mol. The van der Waals surface area contributed by atoms with E-state index in [2.05, 4.69) is 0 Å². The number of aryl methyl sites for hydroxylation is 1. The topological polar surface area (TPSA) is 46.5 Å². The predicted molar refractivity (Wildman–Crippen MR) is 73.5 cm³/mol. The smallest absolute Gasteiger partial charge is 0.338 e. The monoisotopic (exact) mass is 274 g/mol. The second-order valence-corrected chi connectivity index (χ2v) is 4.33. The highest BCUT2D eigenvalue weighted by Crippen LogP contribution is 2.21. The molecule has 3 nitrogen and oxygen atoms in total. The molecule has 2 rings (SSSR count). The van der Waals surface area contributed by atoms with E-state index in [1.54, 1.807) is 0 Å². The van der Waals surface area contributed by atoms with Gasteiger partial charge in [0, 0.05) is 5.56 Å². The Morgan fingerprint density at radius 1 is 1.15 bits per heavy atom. The summed E-state index contributed by atoms with van der Waals surface area (Å²) >= 11 is 0. The van der Waals surface area contributed by atoms with Crippen molar-refractivity contribution in [1.82, 2.24) is 0 Å². The first kappa shape index (κ1) is 14.1. The minimum atomic E-state index is -1.28. The molecule has 0 radical (unpaired) electrons. The van der Waals surface area contributed by atoms with Crippen LogP contribution in [-0.2, 0) is 13.0 Å². The first-order valence-corrected chi connectivity index (χ1v) is 6.35. The van der Waals surface area contributed by atoms with E-state index >= 15 is 0 Å². The van der Waals surface area contributed by atoms with Crippen LogP contribution in [0.3, 0.4) is 0 Å². The Morgan fingerprint density at radius 2 is 1.85 bits per heavy atom. The third-order valence-electron chi connectivity index (χ3n) is 3.05. The van der Waals surface area contributed by atoms with Gasteiger partial charge < -0.3 is 9.84 Å². The highest BCUT2D eigenvalue weighted by atomic mass is 19.1. The molecule has 0 amide bonds. The van der Waals surface area contributed by atoms with E-state index in [-0.39, 0.29) is 17.7 Å². The van der Waals surface area contributed by atoms with Gasteiger partial charge in [0.15, 0.2) is 0 Å². The van der Waals surface area contributed by atoms with Crippen LogP contribution in [0.5, 0.6) is 5.75 Å². The van der Waals surface area contributed by atoms with Crippen LogP contribution in [0.25, 0.3) is 0 Å². The molecule has 0 aromatic heterocycles. The molecule has 0 spiro atoms. The van der Waals surface area contributed by atoms with Gasteiger partial charge in [-0.05, 0) is 24.1 Å². The van der Waals surface area contributed by atoms with Crippen molar-refractivity contribution in [3.05, 3.63) is 65.0 Å². The van der Waals surface area contributed by atoms with Crippen LogP contribution in [-0.4, -0.2) is 11.1 Å². The molecule has 104 valence electrons. The summed E-state index contributed by atoms with van der Waals surface area (Å²) in [6.45, 7) is 2.01. The molecule has 2 aromatic carbocycles. The molecule has 0 saturated heterocycles. The Balaban J connectivity index is 2.19. The fraction of sp³-hybridized carbons (Fsp3) is 0.188. The van der Waals surface area contributed by atoms with Gasteiger partial charge in [0.25, 0.3) is 0 Å². The summed E-state index contributed by atoms with van der Waals surface area (Å²) in [7, 11) is 0. The lowest BCUT2D eigenvalue weighted by molar-refractivity contribution is 0.0691. The van der Waals surface area contributed by atoms with Gasteiger partial charge in [-0.25, -0.2) is 9.18 Å². The number of carboxylic acids is 1. The summed E-state index contributed by atoms with van der Waals surface area (Å²) in [5.74, 6) is -1.33. The highest BCUT2D eigenvalue weighted by Gasteiger charge is 2.14. The quantitative estimate of drug-likeness (QED) is 0.905. The molecule has 0 aliphatic carbocycles. The largest absolute Gasteiger partial charge is 0.489 e. The van der Waals surface area contributed by atoms with Crippen molar-refractivity contribution < 1.29 is 19.0 Å². The molecule has 0 aliphatic rings. The van der Waals surface area contributed by atoms with E-state index in [4.69, 9.17) is 9.84 Å². The molecular formula is C16H15FO3. The normalized spacial score (nSPS) is 10.3. The van der Waals surface area contributed by atoms with Gasteiger partial charge in [0.1, 0.15) is 18.2 Å². The fourth-order valence-corrected chi connectivity index (χ4v) is 1.95. The Hall–Kier alpha value is -2.36. The van der Waals surface area contributed by atoms with Crippen LogP contribution in [0.2, 0.25) is 0 Å². The molecule has 0 atom stereocenters. The zero-order valence-electron chi connectivity index (χ0n) is 11.1. The molecule has 1 N–H and O–H groups in total. The number of ether oxygens (including phenoxy) is 1. The van der Waals surface area contributed by atoms with Crippen LogP contribution in [0, 0.1) is 5.82 Å². The first-order chi connectivity index (χ1) is 9.63. The van der Waals surface area contributed by atoms with Crippen molar-refractivity contribution >= 4 is 5.97 Å². The summed E-state index contributed by atoms with van der Waals surface area (Å²) in [6, 6.07) is 11.8. The summed E-state index contributed by atoms with van der Waals surface area (Å²) < 4.78 is 19.5. The number of para-hydroxylation sites is 1. The number of rotatable bonds is 5. The number of carbonyl (C=O) groups is 1. The standard InChI is InChI=1S/C16H15FO3/c1-2-11-6-3-4-9-14(11)20-10-12-7-5-8-13(15(12)17)16(18)19/h3-9H,2,10H2,1H3,(H,18,19). The second kappa shape index (κ2) is 6.19. The average Bonchev–Trinajstić information content (AvgIpc) is 2.46. The Labute approximate surface area is 116 Å². The van der Waals surface area contributed by atoms with Crippen LogP contribution in [0.1, 0.15) is 28.4 Å². The molecule has 2 aromatic rings. The summed E-state index contributed by atoms with van der Waals surface area (Å²) in [6.07, 6.45) is 0.813. The summed E-state index contributed by atoms with van der Waals surface area (Å²) in [5.41, 5.74) is 0.924. The van der Waals surface area contributed by atoms with E-state index < -0.39 is 11.8 Å². The van der Waals surface area contributed by atoms with Gasteiger partial charge in [0.2, 0.25) is 0 Å². The minimum absolute atomic E-state index is 0.00394. The Kier molecular flexibility index (Phi) is 4.35. The molecule has 0 bridgehead atoms. The molecule has 4 heteroatoms. The lowest BCUT2D eigenvalue weighted by Gasteiger charge is -2.11.